The van der Waals surface area contributed by atoms with Crippen LogP contribution in [0.3, 0.4) is 0 Å². The number of hydrogen-bond donors (Lipinski definition) is 0. The molecule has 166 valence electrons. The summed E-state index contributed by atoms with van der Waals surface area (Å²) >= 11 is 0. The molecule has 0 aliphatic carbocycles. The number of para-hydroxylation sites is 1. The molecule has 1 amide bonds. The predicted molar refractivity (Wildman–Crippen MR) is 127 cm³/mol. The van der Waals surface area contributed by atoms with Gasteiger partial charge < -0.3 is 4.90 Å². The summed E-state index contributed by atoms with van der Waals surface area (Å²) in [6, 6.07) is 19.0. The van der Waals surface area contributed by atoms with Gasteiger partial charge in [0.2, 0.25) is 5.91 Å². The van der Waals surface area contributed by atoms with Crippen LogP contribution in [0, 0.1) is 11.6 Å². The third-order valence-corrected chi connectivity index (χ3v) is 6.91. The van der Waals surface area contributed by atoms with Crippen molar-refractivity contribution in [1.82, 2.24) is 4.98 Å². The van der Waals surface area contributed by atoms with E-state index in [4.69, 9.17) is 0 Å². The Kier molecular flexibility index (Phi) is 5.20. The van der Waals surface area contributed by atoms with Crippen molar-refractivity contribution in [2.45, 2.75) is 38.6 Å². The SMILES string of the molecule is CCC1(CC)C(=O)N(Cc2ncc3ccccc3c2-c2cc(F)cc(F)c2)c2ccccc21. The van der Waals surface area contributed by atoms with E-state index in [2.05, 4.69) is 4.98 Å². The van der Waals surface area contributed by atoms with Gasteiger partial charge in [0, 0.05) is 28.9 Å². The maximum Gasteiger partial charge on any atom is 0.238 e. The van der Waals surface area contributed by atoms with Crippen molar-refractivity contribution in [1.29, 1.82) is 0 Å². The smallest absolute Gasteiger partial charge is 0.238 e. The molecule has 0 atom stereocenters. The van der Waals surface area contributed by atoms with Crippen molar-refractivity contribution < 1.29 is 13.6 Å². The van der Waals surface area contributed by atoms with Crippen LogP contribution in [0.15, 0.2) is 72.9 Å². The van der Waals surface area contributed by atoms with Gasteiger partial charge in [0.15, 0.2) is 0 Å². The first-order valence-electron chi connectivity index (χ1n) is 11.2. The lowest BCUT2D eigenvalue weighted by Crippen LogP contribution is -2.39. The minimum absolute atomic E-state index is 0.0417. The lowest BCUT2D eigenvalue weighted by Gasteiger charge is -2.26. The maximum atomic E-state index is 14.2. The van der Waals surface area contributed by atoms with E-state index >= 15 is 0 Å². The van der Waals surface area contributed by atoms with Gasteiger partial charge in [-0.2, -0.15) is 0 Å². The number of pyridine rings is 1. The summed E-state index contributed by atoms with van der Waals surface area (Å²) in [6.45, 7) is 4.30. The quantitative estimate of drug-likeness (QED) is 0.341. The first-order valence-corrected chi connectivity index (χ1v) is 11.2. The molecule has 0 fully saturated rings. The Balaban J connectivity index is 1.70. The zero-order valence-electron chi connectivity index (χ0n) is 18.6. The van der Waals surface area contributed by atoms with Gasteiger partial charge >= 0.3 is 0 Å². The Labute approximate surface area is 191 Å². The highest BCUT2D eigenvalue weighted by Crippen LogP contribution is 2.47. The molecule has 0 saturated carbocycles. The van der Waals surface area contributed by atoms with Crippen LogP contribution >= 0.6 is 0 Å². The zero-order valence-corrected chi connectivity index (χ0v) is 18.6. The number of carbonyl (C=O) groups is 1. The van der Waals surface area contributed by atoms with Gasteiger partial charge in [-0.1, -0.05) is 56.3 Å². The summed E-state index contributed by atoms with van der Waals surface area (Å²) in [5.74, 6) is -1.26. The molecule has 1 aromatic heterocycles. The average molecular weight is 443 g/mol. The minimum atomic E-state index is -0.650. The minimum Gasteiger partial charge on any atom is -0.305 e. The van der Waals surface area contributed by atoms with E-state index in [1.165, 1.54) is 12.1 Å². The molecule has 0 radical (unpaired) electrons. The molecule has 2 heterocycles. The number of hydrogen-bond acceptors (Lipinski definition) is 2. The number of benzene rings is 3. The highest BCUT2D eigenvalue weighted by Gasteiger charge is 2.48. The Bertz CT molecular complexity index is 1360. The number of halogens is 2. The lowest BCUT2D eigenvalue weighted by molar-refractivity contribution is -0.123. The number of anilines is 1. The normalized spacial score (nSPS) is 14.7. The first kappa shape index (κ1) is 21.3. The van der Waals surface area contributed by atoms with Crippen LogP contribution in [-0.4, -0.2) is 10.9 Å². The van der Waals surface area contributed by atoms with Crippen LogP contribution in [0.5, 0.6) is 0 Å². The molecule has 1 aliphatic heterocycles. The van der Waals surface area contributed by atoms with Gasteiger partial charge in [-0.05, 0) is 47.6 Å². The van der Waals surface area contributed by atoms with Gasteiger partial charge in [-0.3, -0.25) is 9.78 Å². The van der Waals surface area contributed by atoms with E-state index in [-0.39, 0.29) is 12.5 Å². The zero-order chi connectivity index (χ0) is 23.2. The molecule has 5 heteroatoms. The van der Waals surface area contributed by atoms with Gasteiger partial charge in [-0.15, -0.1) is 0 Å². The fraction of sp³-hybridized carbons (Fsp3) is 0.214. The van der Waals surface area contributed by atoms with Crippen LogP contribution in [0.2, 0.25) is 0 Å². The molecule has 0 spiro atoms. The Hall–Kier alpha value is -3.60. The number of amides is 1. The molecule has 33 heavy (non-hydrogen) atoms. The summed E-state index contributed by atoms with van der Waals surface area (Å²) in [4.78, 5) is 20.2. The van der Waals surface area contributed by atoms with Crippen molar-refractivity contribution in [3.63, 3.8) is 0 Å². The van der Waals surface area contributed by atoms with Crippen molar-refractivity contribution in [3.8, 4) is 11.1 Å². The van der Waals surface area contributed by atoms with Crippen molar-refractivity contribution >= 4 is 22.4 Å². The van der Waals surface area contributed by atoms with Crippen molar-refractivity contribution in [3.05, 3.63) is 95.8 Å². The largest absolute Gasteiger partial charge is 0.305 e. The molecular weight excluding hydrogens is 418 g/mol. The maximum absolute atomic E-state index is 14.2. The van der Waals surface area contributed by atoms with E-state index in [0.717, 1.165) is 28.1 Å². The molecule has 1 aliphatic rings. The van der Waals surface area contributed by atoms with E-state index in [1.54, 1.807) is 11.1 Å². The predicted octanol–water partition coefficient (Wildman–Crippen LogP) is 6.78. The van der Waals surface area contributed by atoms with Crippen molar-refractivity contribution in [2.75, 3.05) is 4.90 Å². The molecule has 0 saturated heterocycles. The van der Waals surface area contributed by atoms with Crippen LogP contribution < -0.4 is 4.90 Å². The summed E-state index contributed by atoms with van der Waals surface area (Å²) in [5, 5.41) is 1.70. The van der Waals surface area contributed by atoms with Gasteiger partial charge in [0.25, 0.3) is 0 Å². The standard InChI is InChI=1S/C28H24F2N2O/c1-3-28(4-2)23-11-7-8-12-25(23)32(27(28)33)17-24-26(19-13-20(29)15-21(30)14-19)22-10-6-5-9-18(22)16-31-24/h5-16H,3-4,17H2,1-2H3. The van der Waals surface area contributed by atoms with E-state index < -0.39 is 17.0 Å². The number of fused-ring (bicyclic) bond motifs is 2. The van der Waals surface area contributed by atoms with Gasteiger partial charge in [-0.25, -0.2) is 8.78 Å². The highest BCUT2D eigenvalue weighted by atomic mass is 19.1. The number of nitrogens with zero attached hydrogens (tertiary/aromatic N) is 2. The van der Waals surface area contributed by atoms with E-state index in [1.807, 2.05) is 62.4 Å². The monoisotopic (exact) mass is 442 g/mol. The van der Waals surface area contributed by atoms with Crippen LogP contribution in [0.1, 0.15) is 37.9 Å². The third kappa shape index (κ3) is 3.30. The van der Waals surface area contributed by atoms with Crippen LogP contribution in [0.4, 0.5) is 14.5 Å². The van der Waals surface area contributed by atoms with Gasteiger partial charge in [0.05, 0.1) is 17.7 Å². The molecule has 4 aromatic rings. The summed E-state index contributed by atoms with van der Waals surface area (Å²) in [7, 11) is 0. The molecule has 3 nitrogen and oxygen atoms in total. The Morgan fingerprint density at radius 2 is 1.58 bits per heavy atom. The number of carbonyl (C=O) groups excluding carboxylic acids is 1. The summed E-state index contributed by atoms with van der Waals surface area (Å²) in [6.07, 6.45) is 3.15. The Morgan fingerprint density at radius 3 is 2.30 bits per heavy atom. The van der Waals surface area contributed by atoms with E-state index in [9.17, 15) is 13.6 Å². The number of rotatable bonds is 5. The average Bonchev–Trinajstić information content (AvgIpc) is 3.06. The highest BCUT2D eigenvalue weighted by molar-refractivity contribution is 6.08. The summed E-state index contributed by atoms with van der Waals surface area (Å²) < 4.78 is 28.4. The second-order valence-electron chi connectivity index (χ2n) is 8.52. The fourth-order valence-electron chi connectivity index (χ4n) is 5.18. The second-order valence-corrected chi connectivity index (χ2v) is 8.52. The summed E-state index contributed by atoms with van der Waals surface area (Å²) in [5.41, 5.74) is 2.98. The van der Waals surface area contributed by atoms with E-state index in [0.29, 0.717) is 29.7 Å². The topological polar surface area (TPSA) is 33.2 Å². The molecule has 0 bridgehead atoms. The molecule has 5 rings (SSSR count). The number of aromatic nitrogens is 1. The van der Waals surface area contributed by atoms with Gasteiger partial charge in [0.1, 0.15) is 11.6 Å². The third-order valence-electron chi connectivity index (χ3n) is 6.91. The molecule has 0 N–H and O–H groups in total. The van der Waals surface area contributed by atoms with Crippen LogP contribution in [0.25, 0.3) is 21.9 Å². The van der Waals surface area contributed by atoms with Crippen LogP contribution in [-0.2, 0) is 16.8 Å². The molecular formula is C28H24F2N2O. The molecule has 0 unspecified atom stereocenters. The Morgan fingerprint density at radius 1 is 0.909 bits per heavy atom. The second kappa shape index (κ2) is 8.07. The lowest BCUT2D eigenvalue weighted by atomic mass is 9.77. The van der Waals surface area contributed by atoms with Crippen molar-refractivity contribution in [2.24, 2.45) is 0 Å². The molecule has 3 aromatic carbocycles. The fourth-order valence-corrected chi connectivity index (χ4v) is 5.18. The first-order chi connectivity index (χ1) is 16.0.